The van der Waals surface area contributed by atoms with Crippen LogP contribution in [0.2, 0.25) is 17.3 Å². The van der Waals surface area contributed by atoms with Gasteiger partial charge >= 0.3 is 59.2 Å². The molecule has 22 heavy (non-hydrogen) atoms. The Balaban J connectivity index is -0.000000107. The number of rotatable bonds is 4. The molecule has 0 saturated heterocycles. The van der Waals surface area contributed by atoms with Crippen molar-refractivity contribution >= 4 is 17.7 Å². The van der Waals surface area contributed by atoms with Crippen molar-refractivity contribution in [1.29, 1.82) is 0 Å². The second-order valence-electron chi connectivity index (χ2n) is 5.59. The van der Waals surface area contributed by atoms with Crippen LogP contribution in [0.3, 0.4) is 0 Å². The van der Waals surface area contributed by atoms with E-state index in [-0.39, 0.29) is 25.8 Å². The minimum absolute atomic E-state index is 0. The van der Waals surface area contributed by atoms with E-state index < -0.39 is 13.3 Å². The van der Waals surface area contributed by atoms with Crippen LogP contribution >= 0.6 is 0 Å². The molecule has 0 radical (unpaired) electrons. The summed E-state index contributed by atoms with van der Waals surface area (Å²) < 4.78 is 1.61. The molecule has 0 aliphatic heterocycles. The average Bonchev–Trinajstić information content (AvgIpc) is 3.02. The SMILES string of the molecule is CCCO.CCCO.CCCO.[CH3][Ge]([CH3])([CH3])[c-]1cccc1.[Hf]. The Morgan fingerprint density at radius 3 is 1.05 bits per heavy atom. The summed E-state index contributed by atoms with van der Waals surface area (Å²) in [6, 6.07) is 8.76. The Hall–Kier alpha value is 0.643. The zero-order chi connectivity index (χ0) is 17.1. The van der Waals surface area contributed by atoms with Gasteiger partial charge in [0.2, 0.25) is 0 Å². The van der Waals surface area contributed by atoms with Crippen LogP contribution in [0.5, 0.6) is 0 Å². The molecule has 0 aliphatic carbocycles. The molecule has 0 bridgehead atoms. The van der Waals surface area contributed by atoms with Gasteiger partial charge in [-0.25, -0.2) is 0 Å². The largest absolute Gasteiger partial charge is 0 e. The van der Waals surface area contributed by atoms with Crippen LogP contribution in [0.25, 0.3) is 0 Å². The Morgan fingerprint density at radius 2 is 0.955 bits per heavy atom. The first-order chi connectivity index (χ1) is 9.85. The van der Waals surface area contributed by atoms with E-state index in [2.05, 4.69) is 41.5 Å². The third-order valence-electron chi connectivity index (χ3n) is 2.20. The van der Waals surface area contributed by atoms with Crippen LogP contribution in [0.15, 0.2) is 24.3 Å². The first-order valence-corrected chi connectivity index (χ1v) is 15.2. The molecule has 0 saturated carbocycles. The molecule has 1 aromatic rings. The van der Waals surface area contributed by atoms with E-state index in [0.29, 0.717) is 19.8 Å². The molecular weight excluding hydrogens is 503 g/mol. The van der Waals surface area contributed by atoms with Gasteiger partial charge in [-0.2, -0.15) is 0 Å². The van der Waals surface area contributed by atoms with Gasteiger partial charge < -0.3 is 15.3 Å². The van der Waals surface area contributed by atoms with E-state index in [1.165, 1.54) is 0 Å². The van der Waals surface area contributed by atoms with Gasteiger partial charge in [0.05, 0.1) is 0 Å². The molecule has 0 aromatic heterocycles. The van der Waals surface area contributed by atoms with Gasteiger partial charge in [-0.3, -0.25) is 0 Å². The van der Waals surface area contributed by atoms with E-state index in [9.17, 15) is 0 Å². The summed E-state index contributed by atoms with van der Waals surface area (Å²) in [6.07, 6.45) is 2.62. The maximum atomic E-state index is 7.88. The standard InChI is InChI=1S/C8H13Ge.3C3H8O.Hf/c1-9(2,3)8-6-4-5-7-8;3*1-2-3-4;/h4-7H,1-3H3;3*4H,2-3H2,1H3;/q-1;;;;. The van der Waals surface area contributed by atoms with E-state index in [4.69, 9.17) is 15.3 Å². The molecule has 1 rings (SSSR count). The first kappa shape index (κ1) is 30.5. The monoisotopic (exact) mass is 543 g/mol. The number of aliphatic hydroxyl groups excluding tert-OH is 3. The van der Waals surface area contributed by atoms with Crippen LogP contribution < -0.4 is 4.40 Å². The molecule has 0 atom stereocenters. The van der Waals surface area contributed by atoms with Crippen LogP contribution in [0.1, 0.15) is 40.0 Å². The number of hydrogen-bond donors (Lipinski definition) is 3. The first-order valence-electron chi connectivity index (χ1n) is 7.90. The summed E-state index contributed by atoms with van der Waals surface area (Å²) in [5.41, 5.74) is 0. The maximum absolute atomic E-state index is 7.88. The third kappa shape index (κ3) is 28.8. The Bertz CT molecular complexity index is 244. The van der Waals surface area contributed by atoms with Crippen LogP contribution in [0, 0.1) is 0 Å². The fourth-order valence-corrected chi connectivity index (χ4v) is 3.38. The third-order valence-corrected chi connectivity index (χ3v) is 6.53. The fraction of sp³-hybridized carbons (Fsp3) is 0.706. The van der Waals surface area contributed by atoms with E-state index in [1.807, 2.05) is 20.8 Å². The molecule has 0 fully saturated rings. The summed E-state index contributed by atoms with van der Waals surface area (Å²) >= 11 is -1.44. The number of hydrogen-bond acceptors (Lipinski definition) is 3. The molecule has 1 aromatic carbocycles. The topological polar surface area (TPSA) is 60.7 Å². The quantitative estimate of drug-likeness (QED) is 0.407. The molecule has 3 nitrogen and oxygen atoms in total. The molecule has 5 heteroatoms. The van der Waals surface area contributed by atoms with Crippen LogP contribution in [-0.2, 0) is 25.8 Å². The van der Waals surface area contributed by atoms with Crippen molar-refractivity contribution in [1.82, 2.24) is 0 Å². The molecule has 132 valence electrons. The molecule has 0 amide bonds. The van der Waals surface area contributed by atoms with Crippen molar-refractivity contribution < 1.29 is 41.2 Å². The summed E-state index contributed by atoms with van der Waals surface area (Å²) in [4.78, 5) is 0. The number of aliphatic hydroxyl groups is 3. The van der Waals surface area contributed by atoms with Gasteiger partial charge in [-0.15, -0.1) is 0 Å². The minimum Gasteiger partial charge on any atom is 0 e. The summed E-state index contributed by atoms with van der Waals surface area (Å²) in [6.45, 7) is 6.75. The molecule has 3 N–H and O–H groups in total. The van der Waals surface area contributed by atoms with Crippen LogP contribution in [-0.4, -0.2) is 48.4 Å². The summed E-state index contributed by atoms with van der Waals surface area (Å²) in [5, 5.41) is 23.6. The fourth-order valence-electron chi connectivity index (χ4n) is 0.874. The van der Waals surface area contributed by atoms with Crippen molar-refractivity contribution in [3.63, 3.8) is 0 Å². The predicted molar refractivity (Wildman–Crippen MR) is 97.1 cm³/mol. The van der Waals surface area contributed by atoms with Gasteiger partial charge in [-0.1, -0.05) is 20.8 Å². The summed E-state index contributed by atoms with van der Waals surface area (Å²) in [7, 11) is 0. The Morgan fingerprint density at radius 1 is 0.727 bits per heavy atom. The smallest absolute Gasteiger partial charge is 0 e. The molecular formula is C17H37GeHfO3-. The van der Waals surface area contributed by atoms with E-state index in [0.717, 1.165) is 19.3 Å². The average molecular weight is 541 g/mol. The second-order valence-corrected chi connectivity index (χ2v) is 16.2. The molecule has 0 spiro atoms. The maximum Gasteiger partial charge on any atom is 0 e. The summed E-state index contributed by atoms with van der Waals surface area (Å²) in [5.74, 6) is 7.24. The van der Waals surface area contributed by atoms with Gasteiger partial charge in [0.15, 0.2) is 0 Å². The van der Waals surface area contributed by atoms with Gasteiger partial charge in [-0.05, 0) is 19.3 Å². The molecule has 0 heterocycles. The Labute approximate surface area is 159 Å². The predicted octanol–water partition coefficient (Wildman–Crippen LogP) is 3.11. The van der Waals surface area contributed by atoms with E-state index in [1.54, 1.807) is 4.40 Å². The van der Waals surface area contributed by atoms with E-state index >= 15 is 0 Å². The van der Waals surface area contributed by atoms with Crippen molar-refractivity contribution in [3.05, 3.63) is 24.3 Å². The Kier molecular flexibility index (Phi) is 33.2. The minimum atomic E-state index is -1.44. The van der Waals surface area contributed by atoms with Crippen molar-refractivity contribution in [2.24, 2.45) is 0 Å². The van der Waals surface area contributed by atoms with Gasteiger partial charge in [0, 0.05) is 45.7 Å². The van der Waals surface area contributed by atoms with Crippen LogP contribution in [0.4, 0.5) is 0 Å². The van der Waals surface area contributed by atoms with Crippen molar-refractivity contribution in [3.8, 4) is 0 Å². The van der Waals surface area contributed by atoms with Gasteiger partial charge in [0.25, 0.3) is 0 Å². The van der Waals surface area contributed by atoms with Gasteiger partial charge in [0.1, 0.15) is 0 Å². The normalized spacial score (nSPS) is 8.95. The zero-order valence-electron chi connectivity index (χ0n) is 15.4. The molecule has 0 unspecified atom stereocenters. The second kappa shape index (κ2) is 23.9. The zero-order valence-corrected chi connectivity index (χ0v) is 21.1. The van der Waals surface area contributed by atoms with Crippen molar-refractivity contribution in [2.45, 2.75) is 57.3 Å². The molecule has 0 aliphatic rings. The van der Waals surface area contributed by atoms with Crippen molar-refractivity contribution in [2.75, 3.05) is 19.8 Å².